The molecule has 1 fully saturated rings. The zero-order valence-corrected chi connectivity index (χ0v) is 21.6. The first kappa shape index (κ1) is 26.9. The molecule has 7 N–H and O–H groups in total. The highest BCUT2D eigenvalue weighted by Crippen LogP contribution is 2.33. The lowest BCUT2D eigenvalue weighted by Crippen LogP contribution is -2.33. The highest BCUT2D eigenvalue weighted by molar-refractivity contribution is 5.95. The minimum absolute atomic E-state index is 0.123. The lowest BCUT2D eigenvalue weighted by molar-refractivity contribution is 0.0765. The quantitative estimate of drug-likeness (QED) is 0.354. The number of hydrogen-bond donors (Lipinski definition) is 5. The molecule has 2 aliphatic heterocycles. The van der Waals surface area contributed by atoms with E-state index in [9.17, 15) is 15.0 Å². The van der Waals surface area contributed by atoms with Crippen molar-refractivity contribution in [1.29, 1.82) is 0 Å². The first-order valence-corrected chi connectivity index (χ1v) is 13.1. The van der Waals surface area contributed by atoms with E-state index in [1.54, 1.807) is 4.90 Å². The summed E-state index contributed by atoms with van der Waals surface area (Å²) in [6.45, 7) is 8.93. The van der Waals surface area contributed by atoms with Gasteiger partial charge in [-0.1, -0.05) is 37.8 Å². The van der Waals surface area contributed by atoms with Crippen molar-refractivity contribution in [2.24, 2.45) is 11.5 Å². The number of allylic oxidation sites excluding steroid dienone is 1. The van der Waals surface area contributed by atoms with Crippen molar-refractivity contribution in [2.45, 2.75) is 44.5 Å². The number of β-amino-alcohol motifs (C(OH)–C–C–N with tert-alkyl or cyclic N) is 1. The van der Waals surface area contributed by atoms with E-state index in [0.717, 1.165) is 53.2 Å². The van der Waals surface area contributed by atoms with Gasteiger partial charge < -0.3 is 36.8 Å². The van der Waals surface area contributed by atoms with Gasteiger partial charge in [-0.25, -0.2) is 0 Å². The van der Waals surface area contributed by atoms with Gasteiger partial charge in [-0.15, -0.1) is 0 Å². The molecule has 2 aromatic rings. The molecule has 2 aromatic carbocycles. The molecule has 8 nitrogen and oxygen atoms in total. The number of fused-ring (bicyclic) bond motifs is 1. The van der Waals surface area contributed by atoms with Crippen LogP contribution in [0.4, 0.5) is 5.69 Å². The van der Waals surface area contributed by atoms with E-state index >= 15 is 0 Å². The summed E-state index contributed by atoms with van der Waals surface area (Å²) in [4.78, 5) is 16.6. The number of likely N-dealkylation sites (tertiary alicyclic amines) is 1. The molecule has 3 unspecified atom stereocenters. The molecule has 2 heterocycles. The van der Waals surface area contributed by atoms with Crippen molar-refractivity contribution in [3.63, 3.8) is 0 Å². The monoisotopic (exact) mass is 505 g/mol. The average molecular weight is 506 g/mol. The van der Waals surface area contributed by atoms with Gasteiger partial charge in [0, 0.05) is 62.2 Å². The largest absolute Gasteiger partial charge is 0.396 e. The van der Waals surface area contributed by atoms with E-state index in [-0.39, 0.29) is 25.2 Å². The van der Waals surface area contributed by atoms with Gasteiger partial charge in [-0.05, 0) is 59.4 Å². The molecule has 0 aromatic heterocycles. The number of amides is 1. The van der Waals surface area contributed by atoms with Crippen molar-refractivity contribution < 1.29 is 15.0 Å². The molecule has 0 saturated carbocycles. The molecule has 1 amide bonds. The number of rotatable bonds is 9. The molecule has 0 radical (unpaired) electrons. The molecule has 2 aliphatic rings. The number of anilines is 1. The smallest absolute Gasteiger partial charge is 0.253 e. The lowest BCUT2D eigenvalue weighted by Gasteiger charge is -2.28. The maximum absolute atomic E-state index is 12.8. The molecular formula is C29H39N5O3. The van der Waals surface area contributed by atoms with Crippen molar-refractivity contribution in [3.8, 4) is 11.1 Å². The summed E-state index contributed by atoms with van der Waals surface area (Å²) in [5.74, 6) is -0.123. The van der Waals surface area contributed by atoms with Gasteiger partial charge in [0.1, 0.15) is 0 Å². The number of benzene rings is 2. The second kappa shape index (κ2) is 11.9. The molecule has 4 rings (SSSR count). The predicted molar refractivity (Wildman–Crippen MR) is 149 cm³/mol. The van der Waals surface area contributed by atoms with Crippen molar-refractivity contribution in [3.05, 3.63) is 71.4 Å². The van der Waals surface area contributed by atoms with E-state index in [4.69, 9.17) is 11.5 Å². The number of nitrogens with two attached hydrogens (primary N) is 2. The van der Waals surface area contributed by atoms with Crippen LogP contribution in [0.1, 0.15) is 42.1 Å². The molecule has 0 bridgehead atoms. The van der Waals surface area contributed by atoms with Gasteiger partial charge in [0.05, 0.1) is 12.3 Å². The van der Waals surface area contributed by atoms with Crippen LogP contribution in [0.3, 0.4) is 0 Å². The third-order valence-electron chi connectivity index (χ3n) is 7.08. The van der Waals surface area contributed by atoms with Gasteiger partial charge in [-0.2, -0.15) is 0 Å². The highest BCUT2D eigenvalue weighted by atomic mass is 16.3. The van der Waals surface area contributed by atoms with Crippen LogP contribution in [0.15, 0.2) is 60.3 Å². The lowest BCUT2D eigenvalue weighted by atomic mass is 9.99. The summed E-state index contributed by atoms with van der Waals surface area (Å²) < 4.78 is 0. The van der Waals surface area contributed by atoms with E-state index in [1.165, 1.54) is 0 Å². The zero-order valence-electron chi connectivity index (χ0n) is 21.6. The SMILES string of the molecule is C=C(C1=Cc2ccc(-c3ccc(C(=O)N4CC(N)C(O)C4)cc3)cc2NC(N)C1)N(CCC)CCCO. The normalized spacial score (nSPS) is 21.1. The van der Waals surface area contributed by atoms with Gasteiger partial charge in [0.2, 0.25) is 0 Å². The van der Waals surface area contributed by atoms with Crippen LogP contribution in [0.25, 0.3) is 17.2 Å². The number of carbonyl (C=O) groups is 1. The van der Waals surface area contributed by atoms with Gasteiger partial charge in [0.25, 0.3) is 5.91 Å². The Morgan fingerprint density at radius 2 is 1.86 bits per heavy atom. The van der Waals surface area contributed by atoms with Crippen LogP contribution in [0.5, 0.6) is 0 Å². The molecule has 37 heavy (non-hydrogen) atoms. The highest BCUT2D eigenvalue weighted by Gasteiger charge is 2.31. The van der Waals surface area contributed by atoms with E-state index in [2.05, 4.69) is 48.0 Å². The third kappa shape index (κ3) is 6.22. The molecular weight excluding hydrogens is 466 g/mol. The van der Waals surface area contributed by atoms with Crippen molar-refractivity contribution >= 4 is 17.7 Å². The van der Waals surface area contributed by atoms with Gasteiger partial charge in [-0.3, -0.25) is 4.79 Å². The zero-order chi connectivity index (χ0) is 26.5. The Labute approximate surface area is 219 Å². The number of carbonyl (C=O) groups excluding carboxylic acids is 1. The standard InChI is InChI=1S/C29H39N5O3/c1-3-11-33(12-4-13-35)19(2)24-14-23-10-9-22(15-26(23)32-28(31)16-24)20-5-7-21(8-6-20)29(37)34-17-25(30)27(36)18-34/h5-10,14-15,25,27-28,32,35-36H,2-4,11-13,16-18,30-31H2,1H3. The Hall–Kier alpha value is -3.17. The summed E-state index contributed by atoms with van der Waals surface area (Å²) in [5.41, 5.74) is 18.9. The maximum atomic E-state index is 12.8. The first-order chi connectivity index (χ1) is 17.8. The summed E-state index contributed by atoms with van der Waals surface area (Å²) in [6.07, 6.45) is 3.56. The third-order valence-corrected chi connectivity index (χ3v) is 7.08. The summed E-state index contributed by atoms with van der Waals surface area (Å²) >= 11 is 0. The minimum atomic E-state index is -0.677. The number of aliphatic hydroxyl groups is 2. The van der Waals surface area contributed by atoms with Crippen molar-refractivity contribution in [1.82, 2.24) is 9.80 Å². The Balaban J connectivity index is 1.54. The van der Waals surface area contributed by atoms with Gasteiger partial charge in [0.15, 0.2) is 0 Å². The molecule has 0 spiro atoms. The summed E-state index contributed by atoms with van der Waals surface area (Å²) in [6, 6.07) is 13.3. The number of aliphatic hydroxyl groups excluding tert-OH is 2. The van der Waals surface area contributed by atoms with Crippen LogP contribution in [0.2, 0.25) is 0 Å². The number of hydrogen-bond acceptors (Lipinski definition) is 7. The van der Waals surface area contributed by atoms with E-state index in [0.29, 0.717) is 24.9 Å². The molecule has 3 atom stereocenters. The van der Waals surface area contributed by atoms with E-state index < -0.39 is 12.1 Å². The Morgan fingerprint density at radius 3 is 2.51 bits per heavy atom. The topological polar surface area (TPSA) is 128 Å². The number of nitrogens with zero attached hydrogens (tertiary/aromatic N) is 2. The van der Waals surface area contributed by atoms with Gasteiger partial charge >= 0.3 is 0 Å². The molecule has 1 saturated heterocycles. The average Bonchev–Trinajstić information content (AvgIpc) is 3.13. The van der Waals surface area contributed by atoms with Crippen LogP contribution >= 0.6 is 0 Å². The second-order valence-electron chi connectivity index (χ2n) is 9.96. The first-order valence-electron chi connectivity index (χ1n) is 13.1. The summed E-state index contributed by atoms with van der Waals surface area (Å²) in [7, 11) is 0. The van der Waals surface area contributed by atoms with Crippen LogP contribution < -0.4 is 16.8 Å². The number of nitrogens with one attached hydrogen (secondary N) is 1. The van der Waals surface area contributed by atoms with E-state index in [1.807, 2.05) is 24.3 Å². The Kier molecular flexibility index (Phi) is 8.66. The van der Waals surface area contributed by atoms with Crippen molar-refractivity contribution in [2.75, 3.05) is 38.1 Å². The fourth-order valence-electron chi connectivity index (χ4n) is 5.00. The van der Waals surface area contributed by atoms with Crippen LogP contribution in [0, 0.1) is 0 Å². The fraction of sp³-hybridized carbons (Fsp3) is 0.414. The fourth-order valence-corrected chi connectivity index (χ4v) is 5.00. The minimum Gasteiger partial charge on any atom is -0.396 e. The Bertz CT molecular complexity index is 1140. The van der Waals surface area contributed by atoms with Crippen LogP contribution in [-0.4, -0.2) is 77.0 Å². The molecule has 8 heteroatoms. The second-order valence-corrected chi connectivity index (χ2v) is 9.96. The Morgan fingerprint density at radius 1 is 1.14 bits per heavy atom. The molecule has 198 valence electrons. The maximum Gasteiger partial charge on any atom is 0.253 e. The summed E-state index contributed by atoms with van der Waals surface area (Å²) in [5, 5.41) is 22.6. The molecule has 0 aliphatic carbocycles. The predicted octanol–water partition coefficient (Wildman–Crippen LogP) is 2.59. The van der Waals surface area contributed by atoms with Crippen LogP contribution in [-0.2, 0) is 0 Å².